The van der Waals surface area contributed by atoms with Gasteiger partial charge >= 0.3 is 0 Å². The molecule has 0 aromatic rings. The molecule has 2 heteroatoms. The number of hydrogen-bond donors (Lipinski definition) is 1. The Labute approximate surface area is 88.2 Å². The summed E-state index contributed by atoms with van der Waals surface area (Å²) >= 11 is 0. The molecule has 2 N–H and O–H groups in total. The molecule has 0 aromatic carbocycles. The van der Waals surface area contributed by atoms with E-state index in [1.54, 1.807) is 0 Å². The zero-order valence-electron chi connectivity index (χ0n) is 9.83. The van der Waals surface area contributed by atoms with Crippen molar-refractivity contribution in [3.63, 3.8) is 0 Å². The standard InChI is InChI=1S/C12H25NO/c1-9(2)5-4-6-11(13)12-8-7-10(3)14-12/h9-12H,4-8,13H2,1-3H3. The van der Waals surface area contributed by atoms with E-state index in [9.17, 15) is 0 Å². The summed E-state index contributed by atoms with van der Waals surface area (Å²) in [4.78, 5) is 0. The van der Waals surface area contributed by atoms with Crippen molar-refractivity contribution in [3.05, 3.63) is 0 Å². The van der Waals surface area contributed by atoms with Gasteiger partial charge in [0.1, 0.15) is 0 Å². The van der Waals surface area contributed by atoms with Gasteiger partial charge in [-0.3, -0.25) is 0 Å². The van der Waals surface area contributed by atoms with Crippen molar-refractivity contribution in [1.29, 1.82) is 0 Å². The van der Waals surface area contributed by atoms with Crippen LogP contribution < -0.4 is 5.73 Å². The highest BCUT2D eigenvalue weighted by Crippen LogP contribution is 2.23. The Kier molecular flexibility index (Phi) is 4.90. The Morgan fingerprint density at radius 3 is 2.50 bits per heavy atom. The summed E-state index contributed by atoms with van der Waals surface area (Å²) < 4.78 is 5.76. The van der Waals surface area contributed by atoms with Crippen LogP contribution in [-0.2, 0) is 4.74 Å². The highest BCUT2D eigenvalue weighted by molar-refractivity contribution is 4.80. The van der Waals surface area contributed by atoms with Crippen LogP contribution in [-0.4, -0.2) is 18.2 Å². The predicted molar refractivity (Wildman–Crippen MR) is 60.2 cm³/mol. The van der Waals surface area contributed by atoms with Crippen molar-refractivity contribution < 1.29 is 4.74 Å². The molecule has 0 saturated carbocycles. The molecule has 84 valence electrons. The van der Waals surface area contributed by atoms with Crippen molar-refractivity contribution in [2.24, 2.45) is 11.7 Å². The molecule has 0 radical (unpaired) electrons. The summed E-state index contributed by atoms with van der Waals surface area (Å²) in [5.74, 6) is 0.797. The van der Waals surface area contributed by atoms with Crippen LogP contribution in [0.3, 0.4) is 0 Å². The van der Waals surface area contributed by atoms with Gasteiger partial charge in [0, 0.05) is 6.04 Å². The molecule has 3 atom stereocenters. The van der Waals surface area contributed by atoms with E-state index in [1.165, 1.54) is 19.3 Å². The van der Waals surface area contributed by atoms with Gasteiger partial charge in [-0.15, -0.1) is 0 Å². The Hall–Kier alpha value is -0.0800. The second-order valence-corrected chi connectivity index (χ2v) is 5.05. The van der Waals surface area contributed by atoms with Crippen molar-refractivity contribution in [2.45, 2.75) is 71.1 Å². The van der Waals surface area contributed by atoms with Gasteiger partial charge in [-0.2, -0.15) is 0 Å². The molecular formula is C12H25NO. The molecule has 0 spiro atoms. The Balaban J connectivity index is 2.12. The molecule has 1 heterocycles. The average molecular weight is 199 g/mol. The van der Waals surface area contributed by atoms with Crippen molar-refractivity contribution in [2.75, 3.05) is 0 Å². The van der Waals surface area contributed by atoms with Crippen LogP contribution in [0, 0.1) is 5.92 Å². The normalized spacial score (nSPS) is 29.8. The van der Waals surface area contributed by atoms with Gasteiger partial charge in [0.15, 0.2) is 0 Å². The number of nitrogens with two attached hydrogens (primary N) is 1. The average Bonchev–Trinajstić information content (AvgIpc) is 2.51. The quantitative estimate of drug-likeness (QED) is 0.739. The minimum Gasteiger partial charge on any atom is -0.374 e. The summed E-state index contributed by atoms with van der Waals surface area (Å²) in [5, 5.41) is 0. The molecule has 1 fully saturated rings. The maximum absolute atomic E-state index is 6.10. The first-order valence-corrected chi connectivity index (χ1v) is 6.00. The molecule has 0 aromatic heterocycles. The van der Waals surface area contributed by atoms with E-state index in [0.717, 1.165) is 18.8 Å². The van der Waals surface area contributed by atoms with Gasteiger partial charge in [-0.05, 0) is 32.1 Å². The Bertz CT molecular complexity index is 158. The van der Waals surface area contributed by atoms with Gasteiger partial charge in [0.05, 0.1) is 12.2 Å². The van der Waals surface area contributed by atoms with Crippen molar-refractivity contribution >= 4 is 0 Å². The summed E-state index contributed by atoms with van der Waals surface area (Å²) in [6.45, 7) is 6.67. The molecule has 3 unspecified atom stereocenters. The number of rotatable bonds is 5. The van der Waals surface area contributed by atoms with Gasteiger partial charge in [0.25, 0.3) is 0 Å². The van der Waals surface area contributed by atoms with Crippen LogP contribution in [0.2, 0.25) is 0 Å². The summed E-state index contributed by atoms with van der Waals surface area (Å²) in [6, 6.07) is 0.263. The first-order chi connectivity index (χ1) is 6.59. The van der Waals surface area contributed by atoms with Crippen LogP contribution >= 0.6 is 0 Å². The lowest BCUT2D eigenvalue weighted by molar-refractivity contribution is 0.0381. The summed E-state index contributed by atoms with van der Waals surface area (Å²) in [5.41, 5.74) is 6.10. The van der Waals surface area contributed by atoms with Crippen LogP contribution in [0.4, 0.5) is 0 Å². The molecule has 0 aliphatic carbocycles. The van der Waals surface area contributed by atoms with Gasteiger partial charge in [0.2, 0.25) is 0 Å². The first-order valence-electron chi connectivity index (χ1n) is 6.00. The largest absolute Gasteiger partial charge is 0.374 e. The maximum Gasteiger partial charge on any atom is 0.0730 e. The molecule has 1 aliphatic rings. The monoisotopic (exact) mass is 199 g/mol. The van der Waals surface area contributed by atoms with E-state index in [0.29, 0.717) is 12.2 Å². The van der Waals surface area contributed by atoms with Gasteiger partial charge in [-0.1, -0.05) is 26.7 Å². The van der Waals surface area contributed by atoms with Crippen LogP contribution in [0.1, 0.15) is 52.9 Å². The molecular weight excluding hydrogens is 174 g/mol. The lowest BCUT2D eigenvalue weighted by Crippen LogP contribution is -2.34. The maximum atomic E-state index is 6.10. The molecule has 1 saturated heterocycles. The van der Waals surface area contributed by atoms with E-state index in [1.807, 2.05) is 0 Å². The topological polar surface area (TPSA) is 35.2 Å². The summed E-state index contributed by atoms with van der Waals surface area (Å²) in [6.07, 6.45) is 6.75. The number of ether oxygens (including phenoxy) is 1. The van der Waals surface area contributed by atoms with E-state index in [-0.39, 0.29) is 6.04 Å². The van der Waals surface area contributed by atoms with Crippen molar-refractivity contribution in [1.82, 2.24) is 0 Å². The van der Waals surface area contributed by atoms with E-state index >= 15 is 0 Å². The van der Waals surface area contributed by atoms with E-state index < -0.39 is 0 Å². The zero-order chi connectivity index (χ0) is 10.6. The zero-order valence-corrected chi connectivity index (χ0v) is 9.83. The summed E-state index contributed by atoms with van der Waals surface area (Å²) in [7, 11) is 0. The van der Waals surface area contributed by atoms with Crippen LogP contribution in [0.15, 0.2) is 0 Å². The smallest absolute Gasteiger partial charge is 0.0730 e. The number of hydrogen-bond acceptors (Lipinski definition) is 2. The third-order valence-corrected chi connectivity index (χ3v) is 3.06. The lowest BCUT2D eigenvalue weighted by Gasteiger charge is -2.19. The predicted octanol–water partition coefficient (Wildman–Crippen LogP) is 2.71. The van der Waals surface area contributed by atoms with Crippen molar-refractivity contribution in [3.8, 4) is 0 Å². The Morgan fingerprint density at radius 2 is 2.00 bits per heavy atom. The molecule has 0 amide bonds. The minimum absolute atomic E-state index is 0.263. The molecule has 0 bridgehead atoms. The highest BCUT2D eigenvalue weighted by atomic mass is 16.5. The fourth-order valence-corrected chi connectivity index (χ4v) is 2.10. The second kappa shape index (κ2) is 5.72. The Morgan fingerprint density at radius 1 is 1.29 bits per heavy atom. The minimum atomic E-state index is 0.263. The van der Waals surface area contributed by atoms with E-state index in [4.69, 9.17) is 10.5 Å². The van der Waals surface area contributed by atoms with Gasteiger partial charge in [-0.25, -0.2) is 0 Å². The van der Waals surface area contributed by atoms with Gasteiger partial charge < -0.3 is 10.5 Å². The van der Waals surface area contributed by atoms with Crippen LogP contribution in [0.25, 0.3) is 0 Å². The second-order valence-electron chi connectivity index (χ2n) is 5.05. The molecule has 1 aliphatic heterocycles. The fraction of sp³-hybridized carbons (Fsp3) is 1.00. The molecule has 2 nitrogen and oxygen atoms in total. The third kappa shape index (κ3) is 3.97. The SMILES string of the molecule is CC(C)CCCC(N)C1CCC(C)O1. The molecule has 14 heavy (non-hydrogen) atoms. The fourth-order valence-electron chi connectivity index (χ4n) is 2.10. The lowest BCUT2D eigenvalue weighted by atomic mass is 9.99. The van der Waals surface area contributed by atoms with E-state index in [2.05, 4.69) is 20.8 Å². The third-order valence-electron chi connectivity index (χ3n) is 3.06. The molecule has 1 rings (SSSR count). The highest BCUT2D eigenvalue weighted by Gasteiger charge is 2.26. The van der Waals surface area contributed by atoms with Crippen LogP contribution in [0.5, 0.6) is 0 Å². The first kappa shape index (κ1) is 12.0.